The van der Waals surface area contributed by atoms with E-state index in [0.717, 1.165) is 44.3 Å². The van der Waals surface area contributed by atoms with E-state index in [4.69, 9.17) is 5.11 Å². The molecule has 2 fully saturated rings. The quantitative estimate of drug-likeness (QED) is 0.908. The summed E-state index contributed by atoms with van der Waals surface area (Å²) >= 11 is 0. The van der Waals surface area contributed by atoms with Crippen molar-refractivity contribution in [3.8, 4) is 0 Å². The molecule has 1 aromatic rings. The number of carbonyl (C=O) groups excluding carboxylic acids is 1. The number of rotatable bonds is 5. The summed E-state index contributed by atoms with van der Waals surface area (Å²) < 4.78 is 0. The van der Waals surface area contributed by atoms with Gasteiger partial charge in [0.25, 0.3) is 5.91 Å². The van der Waals surface area contributed by atoms with Gasteiger partial charge in [0.1, 0.15) is 0 Å². The summed E-state index contributed by atoms with van der Waals surface area (Å²) in [5, 5.41) is 8.88. The van der Waals surface area contributed by atoms with E-state index in [1.54, 1.807) is 12.3 Å². The van der Waals surface area contributed by atoms with Crippen LogP contribution in [-0.2, 0) is 4.79 Å². The van der Waals surface area contributed by atoms with Gasteiger partial charge in [0.05, 0.1) is 0 Å². The first kappa shape index (κ1) is 15.0. The van der Waals surface area contributed by atoms with E-state index in [1.165, 1.54) is 0 Å². The summed E-state index contributed by atoms with van der Waals surface area (Å²) in [6.45, 7) is 0.726. The fourth-order valence-corrected chi connectivity index (χ4v) is 3.21. The lowest BCUT2D eigenvalue weighted by Crippen LogP contribution is -2.44. The molecule has 0 radical (unpaired) electrons. The number of aromatic nitrogens is 1. The van der Waals surface area contributed by atoms with E-state index < -0.39 is 5.97 Å². The summed E-state index contributed by atoms with van der Waals surface area (Å²) in [5.74, 6) is -0.241. The first-order valence-electron chi connectivity index (χ1n) is 8.14. The number of hydrogen-bond acceptors (Lipinski definition) is 3. The monoisotopic (exact) mass is 302 g/mol. The molecule has 1 N–H and O–H groups in total. The van der Waals surface area contributed by atoms with Crippen molar-refractivity contribution in [3.63, 3.8) is 0 Å². The molecule has 2 heterocycles. The molecule has 1 unspecified atom stereocenters. The van der Waals surface area contributed by atoms with Crippen LogP contribution in [-0.4, -0.2) is 39.5 Å². The fraction of sp³-hybridized carbons (Fsp3) is 0.588. The van der Waals surface area contributed by atoms with E-state index in [0.29, 0.717) is 17.9 Å². The van der Waals surface area contributed by atoms with Crippen LogP contribution in [0.15, 0.2) is 18.3 Å². The Morgan fingerprint density at radius 3 is 2.82 bits per heavy atom. The zero-order chi connectivity index (χ0) is 15.5. The van der Waals surface area contributed by atoms with Crippen molar-refractivity contribution in [2.75, 3.05) is 6.54 Å². The van der Waals surface area contributed by atoms with E-state index in [1.807, 2.05) is 11.0 Å². The normalized spacial score (nSPS) is 21.6. The Bertz CT molecular complexity index is 569. The van der Waals surface area contributed by atoms with E-state index >= 15 is 0 Å². The fourth-order valence-electron chi connectivity index (χ4n) is 3.21. The Morgan fingerprint density at radius 1 is 1.27 bits per heavy atom. The molecule has 1 aliphatic heterocycles. The maximum atomic E-state index is 12.8. The number of aliphatic carboxylic acids is 1. The second kappa shape index (κ2) is 6.46. The number of hydrogen-bond donors (Lipinski definition) is 1. The zero-order valence-corrected chi connectivity index (χ0v) is 12.7. The molecule has 3 rings (SSSR count). The van der Waals surface area contributed by atoms with Crippen molar-refractivity contribution in [2.45, 2.75) is 56.9 Å². The number of nitrogens with zero attached hydrogens (tertiary/aromatic N) is 2. The van der Waals surface area contributed by atoms with Crippen LogP contribution >= 0.6 is 0 Å². The maximum absolute atomic E-state index is 12.8. The van der Waals surface area contributed by atoms with Crippen molar-refractivity contribution < 1.29 is 14.7 Å². The highest BCUT2D eigenvalue weighted by Crippen LogP contribution is 2.39. The van der Waals surface area contributed by atoms with Gasteiger partial charge in [-0.1, -0.05) is 0 Å². The molecule has 0 aromatic carbocycles. The van der Waals surface area contributed by atoms with Gasteiger partial charge < -0.3 is 10.0 Å². The standard InChI is InChI=1S/C17H22N2O3/c20-16(21)7-6-14-3-1-2-10-19(14)17(22)13-8-9-18-15(11-13)12-4-5-12/h8-9,11-12,14H,1-7,10H2,(H,20,21). The Labute approximate surface area is 130 Å². The van der Waals surface area contributed by atoms with Crippen LogP contribution < -0.4 is 0 Å². The molecule has 1 amide bonds. The largest absolute Gasteiger partial charge is 0.481 e. The van der Waals surface area contributed by atoms with E-state index in [9.17, 15) is 9.59 Å². The van der Waals surface area contributed by atoms with Gasteiger partial charge >= 0.3 is 5.97 Å². The molecule has 1 saturated heterocycles. The Morgan fingerprint density at radius 2 is 2.09 bits per heavy atom. The number of likely N-dealkylation sites (tertiary alicyclic amines) is 1. The predicted octanol–water partition coefficient (Wildman–Crippen LogP) is 2.82. The molecule has 1 aliphatic carbocycles. The van der Waals surface area contributed by atoms with Crippen molar-refractivity contribution >= 4 is 11.9 Å². The molecule has 0 spiro atoms. The van der Waals surface area contributed by atoms with Crippen molar-refractivity contribution in [3.05, 3.63) is 29.6 Å². The highest BCUT2D eigenvalue weighted by Gasteiger charge is 2.29. The SMILES string of the molecule is O=C(O)CCC1CCCCN1C(=O)c1ccnc(C2CC2)c1. The van der Waals surface area contributed by atoms with Crippen LogP contribution in [0.2, 0.25) is 0 Å². The molecule has 22 heavy (non-hydrogen) atoms. The third-order valence-electron chi connectivity index (χ3n) is 4.60. The zero-order valence-electron chi connectivity index (χ0n) is 12.7. The Kier molecular flexibility index (Phi) is 4.41. The van der Waals surface area contributed by atoms with Crippen LogP contribution in [0.3, 0.4) is 0 Å². The number of carbonyl (C=O) groups is 2. The van der Waals surface area contributed by atoms with Gasteiger partial charge in [-0.2, -0.15) is 0 Å². The van der Waals surface area contributed by atoms with Crippen LogP contribution in [0, 0.1) is 0 Å². The summed E-state index contributed by atoms with van der Waals surface area (Å²) in [4.78, 5) is 29.8. The predicted molar refractivity (Wildman–Crippen MR) is 81.8 cm³/mol. The molecule has 5 heteroatoms. The molecule has 118 valence electrons. The Hall–Kier alpha value is -1.91. The highest BCUT2D eigenvalue weighted by molar-refractivity contribution is 5.94. The number of amides is 1. The first-order valence-corrected chi connectivity index (χ1v) is 8.14. The minimum Gasteiger partial charge on any atom is -0.481 e. The number of piperidine rings is 1. The van der Waals surface area contributed by atoms with Gasteiger partial charge in [0, 0.05) is 42.4 Å². The summed E-state index contributed by atoms with van der Waals surface area (Å²) in [5.41, 5.74) is 1.71. The van der Waals surface area contributed by atoms with Gasteiger partial charge in [-0.3, -0.25) is 14.6 Å². The van der Waals surface area contributed by atoms with Crippen molar-refractivity contribution in [2.24, 2.45) is 0 Å². The molecule has 5 nitrogen and oxygen atoms in total. The molecule has 0 bridgehead atoms. The van der Waals surface area contributed by atoms with Crippen LogP contribution in [0.25, 0.3) is 0 Å². The van der Waals surface area contributed by atoms with Gasteiger partial charge in [0.15, 0.2) is 0 Å². The molecular formula is C17H22N2O3. The molecule has 2 aliphatic rings. The number of carboxylic acids is 1. The van der Waals surface area contributed by atoms with Gasteiger partial charge in [-0.05, 0) is 50.7 Å². The topological polar surface area (TPSA) is 70.5 Å². The first-order chi connectivity index (χ1) is 10.6. The minimum absolute atomic E-state index is 0.0272. The number of carboxylic acid groups (broad SMARTS) is 1. The molecule has 1 aromatic heterocycles. The lowest BCUT2D eigenvalue weighted by molar-refractivity contribution is -0.137. The number of pyridine rings is 1. The summed E-state index contributed by atoms with van der Waals surface area (Å²) in [6.07, 6.45) is 7.68. The lowest BCUT2D eigenvalue weighted by atomic mass is 9.97. The lowest BCUT2D eigenvalue weighted by Gasteiger charge is -2.35. The average molecular weight is 302 g/mol. The van der Waals surface area contributed by atoms with Gasteiger partial charge in [0.2, 0.25) is 0 Å². The third kappa shape index (κ3) is 3.46. The molecule has 1 saturated carbocycles. The second-order valence-corrected chi connectivity index (χ2v) is 6.32. The molecular weight excluding hydrogens is 280 g/mol. The van der Waals surface area contributed by atoms with E-state index in [-0.39, 0.29) is 18.4 Å². The smallest absolute Gasteiger partial charge is 0.303 e. The third-order valence-corrected chi connectivity index (χ3v) is 4.60. The van der Waals surface area contributed by atoms with Crippen LogP contribution in [0.5, 0.6) is 0 Å². The maximum Gasteiger partial charge on any atom is 0.303 e. The average Bonchev–Trinajstić information content (AvgIpc) is 3.37. The van der Waals surface area contributed by atoms with Crippen LogP contribution in [0.1, 0.15) is 66.9 Å². The van der Waals surface area contributed by atoms with Crippen molar-refractivity contribution in [1.82, 2.24) is 9.88 Å². The van der Waals surface area contributed by atoms with Crippen LogP contribution in [0.4, 0.5) is 0 Å². The second-order valence-electron chi connectivity index (χ2n) is 6.32. The van der Waals surface area contributed by atoms with E-state index in [2.05, 4.69) is 4.98 Å². The van der Waals surface area contributed by atoms with Gasteiger partial charge in [-0.25, -0.2) is 0 Å². The Balaban J connectivity index is 1.73. The van der Waals surface area contributed by atoms with Gasteiger partial charge in [-0.15, -0.1) is 0 Å². The van der Waals surface area contributed by atoms with Crippen molar-refractivity contribution in [1.29, 1.82) is 0 Å². The summed E-state index contributed by atoms with van der Waals surface area (Å²) in [7, 11) is 0. The minimum atomic E-state index is -0.794. The summed E-state index contributed by atoms with van der Waals surface area (Å²) in [6, 6.07) is 3.75. The highest BCUT2D eigenvalue weighted by atomic mass is 16.4. The molecule has 1 atom stereocenters.